The summed E-state index contributed by atoms with van der Waals surface area (Å²) in [6.07, 6.45) is 3.00. The Morgan fingerprint density at radius 1 is 1.19 bits per heavy atom. The van der Waals surface area contributed by atoms with Gasteiger partial charge in [0.05, 0.1) is 18.2 Å². The van der Waals surface area contributed by atoms with E-state index in [0.717, 1.165) is 6.08 Å². The molecule has 1 aliphatic rings. The topological polar surface area (TPSA) is 116 Å². The normalized spacial score (nSPS) is 13.8. The zero-order valence-electron chi connectivity index (χ0n) is 13.8. The van der Waals surface area contributed by atoms with Crippen LogP contribution in [0.25, 0.3) is 0 Å². The molecule has 1 fully saturated rings. The number of amides is 2. The quantitative estimate of drug-likeness (QED) is 0.303. The van der Waals surface area contributed by atoms with E-state index in [9.17, 15) is 24.0 Å². The van der Waals surface area contributed by atoms with Gasteiger partial charge < -0.3 is 14.3 Å². The number of hydroxylamine groups is 2. The second-order valence-corrected chi connectivity index (χ2v) is 5.07. The minimum absolute atomic E-state index is 0.00346. The highest BCUT2D eigenvalue weighted by molar-refractivity contribution is 6.03. The van der Waals surface area contributed by atoms with Crippen molar-refractivity contribution in [3.63, 3.8) is 0 Å². The van der Waals surface area contributed by atoms with E-state index in [4.69, 9.17) is 9.57 Å². The van der Waals surface area contributed by atoms with Crippen LogP contribution in [0.15, 0.2) is 30.4 Å². The highest BCUT2D eigenvalue weighted by Gasteiger charge is 2.33. The number of hydrogen-bond acceptors (Lipinski definition) is 8. The van der Waals surface area contributed by atoms with E-state index in [-0.39, 0.29) is 36.3 Å². The van der Waals surface area contributed by atoms with E-state index in [1.165, 1.54) is 31.4 Å². The van der Waals surface area contributed by atoms with Gasteiger partial charge in [-0.15, -0.1) is 5.06 Å². The number of esters is 1. The van der Waals surface area contributed by atoms with E-state index < -0.39 is 23.8 Å². The standard InChI is InChI=1S/C17H15NO8/c1-24-16(22)3-2-8-25-13-5-4-11(9-12(13)10-19)17(23)26-18-14(20)6-7-15(18)21/h2-5,9-10H,6-8H2,1H3/b3-2+. The third-order valence-corrected chi connectivity index (χ3v) is 3.34. The zero-order chi connectivity index (χ0) is 19.1. The van der Waals surface area contributed by atoms with Gasteiger partial charge in [0.25, 0.3) is 11.8 Å². The summed E-state index contributed by atoms with van der Waals surface area (Å²) in [5, 5.41) is 0.422. The fourth-order valence-corrected chi connectivity index (χ4v) is 2.04. The Labute approximate surface area is 148 Å². The number of aldehydes is 1. The maximum Gasteiger partial charge on any atom is 0.363 e. The van der Waals surface area contributed by atoms with Crippen LogP contribution in [0.4, 0.5) is 0 Å². The van der Waals surface area contributed by atoms with Gasteiger partial charge in [-0.1, -0.05) is 0 Å². The SMILES string of the molecule is COC(=O)/C=C/COc1ccc(C(=O)ON2C(=O)CCC2=O)cc1C=O. The van der Waals surface area contributed by atoms with Gasteiger partial charge >= 0.3 is 11.9 Å². The van der Waals surface area contributed by atoms with Crippen LogP contribution in [0, 0.1) is 0 Å². The first-order valence-electron chi connectivity index (χ1n) is 7.51. The van der Waals surface area contributed by atoms with E-state index in [1.807, 2.05) is 0 Å². The minimum Gasteiger partial charge on any atom is -0.489 e. The zero-order valence-corrected chi connectivity index (χ0v) is 13.8. The van der Waals surface area contributed by atoms with Gasteiger partial charge in [0.2, 0.25) is 0 Å². The van der Waals surface area contributed by atoms with E-state index in [2.05, 4.69) is 4.74 Å². The Hall–Kier alpha value is -3.49. The molecule has 1 aromatic rings. The summed E-state index contributed by atoms with van der Waals surface area (Å²) in [4.78, 5) is 61.9. The molecule has 0 bridgehead atoms. The average Bonchev–Trinajstić information content (AvgIpc) is 2.96. The number of methoxy groups -OCH3 is 1. The fourth-order valence-electron chi connectivity index (χ4n) is 2.04. The minimum atomic E-state index is -0.950. The number of hydrogen-bond donors (Lipinski definition) is 0. The molecule has 0 aromatic heterocycles. The Bertz CT molecular complexity index is 767. The molecule has 136 valence electrons. The van der Waals surface area contributed by atoms with Crippen molar-refractivity contribution in [2.45, 2.75) is 12.8 Å². The van der Waals surface area contributed by atoms with Crippen LogP contribution in [0.5, 0.6) is 5.75 Å². The van der Waals surface area contributed by atoms with Crippen LogP contribution in [-0.2, 0) is 24.0 Å². The van der Waals surface area contributed by atoms with Crippen molar-refractivity contribution >= 4 is 30.0 Å². The molecule has 0 unspecified atom stereocenters. The Balaban J connectivity index is 2.05. The Kier molecular flexibility index (Phi) is 6.20. The van der Waals surface area contributed by atoms with Gasteiger partial charge in [0.1, 0.15) is 12.4 Å². The van der Waals surface area contributed by atoms with Gasteiger partial charge in [0, 0.05) is 18.9 Å². The fraction of sp³-hybridized carbons (Fsp3) is 0.235. The first kappa shape index (κ1) is 18.8. The highest BCUT2D eigenvalue weighted by Crippen LogP contribution is 2.20. The second-order valence-electron chi connectivity index (χ2n) is 5.07. The van der Waals surface area contributed by atoms with Crippen LogP contribution >= 0.6 is 0 Å². The third-order valence-electron chi connectivity index (χ3n) is 3.34. The molecular weight excluding hydrogens is 346 g/mol. The van der Waals surface area contributed by atoms with E-state index in [0.29, 0.717) is 11.3 Å². The van der Waals surface area contributed by atoms with Crippen molar-refractivity contribution in [2.24, 2.45) is 0 Å². The maximum atomic E-state index is 12.1. The predicted molar refractivity (Wildman–Crippen MR) is 85.0 cm³/mol. The maximum absolute atomic E-state index is 12.1. The molecule has 1 saturated heterocycles. The molecule has 1 aromatic carbocycles. The third kappa shape index (κ3) is 4.53. The van der Waals surface area contributed by atoms with Crippen molar-refractivity contribution in [1.82, 2.24) is 5.06 Å². The van der Waals surface area contributed by atoms with Crippen LogP contribution < -0.4 is 4.74 Å². The van der Waals surface area contributed by atoms with Gasteiger partial charge in [-0.05, 0) is 24.3 Å². The summed E-state index contributed by atoms with van der Waals surface area (Å²) < 4.78 is 9.75. The first-order valence-corrected chi connectivity index (χ1v) is 7.51. The number of carbonyl (C=O) groups excluding carboxylic acids is 5. The summed E-state index contributed by atoms with van der Waals surface area (Å²) >= 11 is 0. The van der Waals surface area contributed by atoms with Crippen molar-refractivity contribution in [1.29, 1.82) is 0 Å². The molecule has 0 spiro atoms. The smallest absolute Gasteiger partial charge is 0.363 e. The molecule has 1 heterocycles. The van der Waals surface area contributed by atoms with Gasteiger partial charge in [-0.3, -0.25) is 14.4 Å². The monoisotopic (exact) mass is 361 g/mol. The number of carbonyl (C=O) groups is 5. The summed E-state index contributed by atoms with van der Waals surface area (Å²) in [5.74, 6) is -2.52. The van der Waals surface area contributed by atoms with Crippen LogP contribution in [0.2, 0.25) is 0 Å². The van der Waals surface area contributed by atoms with Gasteiger partial charge in [-0.2, -0.15) is 0 Å². The molecule has 0 aliphatic carbocycles. The lowest BCUT2D eigenvalue weighted by atomic mass is 10.1. The largest absolute Gasteiger partial charge is 0.489 e. The molecule has 26 heavy (non-hydrogen) atoms. The average molecular weight is 361 g/mol. The van der Waals surface area contributed by atoms with Crippen molar-refractivity contribution in [3.05, 3.63) is 41.5 Å². The van der Waals surface area contributed by atoms with Crippen molar-refractivity contribution in [3.8, 4) is 5.75 Å². The highest BCUT2D eigenvalue weighted by atomic mass is 16.7. The molecule has 0 N–H and O–H groups in total. The number of rotatable bonds is 7. The summed E-state index contributed by atoms with van der Waals surface area (Å²) in [6.45, 7) is -0.00346. The summed E-state index contributed by atoms with van der Waals surface area (Å²) in [6, 6.07) is 3.89. The molecule has 0 atom stereocenters. The summed E-state index contributed by atoms with van der Waals surface area (Å²) in [5.41, 5.74) is 0.0297. The molecule has 9 nitrogen and oxygen atoms in total. The van der Waals surface area contributed by atoms with Crippen molar-refractivity contribution in [2.75, 3.05) is 13.7 Å². The molecule has 1 aliphatic heterocycles. The lowest BCUT2D eigenvalue weighted by Crippen LogP contribution is -2.32. The first-order chi connectivity index (χ1) is 12.5. The van der Waals surface area contributed by atoms with Crippen molar-refractivity contribution < 1.29 is 38.3 Å². The molecule has 9 heteroatoms. The Morgan fingerprint density at radius 2 is 1.88 bits per heavy atom. The van der Waals surface area contributed by atoms with Crippen LogP contribution in [0.3, 0.4) is 0 Å². The summed E-state index contributed by atoms with van der Waals surface area (Å²) in [7, 11) is 1.24. The number of ether oxygens (including phenoxy) is 2. The van der Waals surface area contributed by atoms with E-state index >= 15 is 0 Å². The van der Waals surface area contributed by atoms with Crippen LogP contribution in [0.1, 0.15) is 33.6 Å². The van der Waals surface area contributed by atoms with Gasteiger partial charge in [-0.25, -0.2) is 9.59 Å². The Morgan fingerprint density at radius 3 is 2.50 bits per heavy atom. The lowest BCUT2D eigenvalue weighted by molar-refractivity contribution is -0.172. The molecule has 2 amide bonds. The number of benzene rings is 1. The molecule has 2 rings (SSSR count). The molecular formula is C17H15NO8. The second kappa shape index (κ2) is 8.56. The lowest BCUT2D eigenvalue weighted by Gasteiger charge is -2.13. The van der Waals surface area contributed by atoms with Gasteiger partial charge in [0.15, 0.2) is 6.29 Å². The molecule has 0 saturated carbocycles. The predicted octanol–water partition coefficient (Wildman–Crippen LogP) is 0.828. The van der Waals surface area contributed by atoms with Crippen LogP contribution in [-0.4, -0.2) is 48.8 Å². The number of nitrogens with zero attached hydrogens (tertiary/aromatic N) is 1. The number of imide groups is 1. The van der Waals surface area contributed by atoms with E-state index in [1.54, 1.807) is 0 Å². The molecule has 0 radical (unpaired) electrons.